The average Bonchev–Trinajstić information content (AvgIpc) is 2.43. The minimum Gasteiger partial charge on any atom is -0.378 e. The normalized spacial score (nSPS) is 26.7. The maximum atomic E-state index is 10.5. The van der Waals surface area contributed by atoms with Crippen molar-refractivity contribution >= 4 is 11.8 Å². The molecule has 0 aliphatic carbocycles. The molecule has 0 aromatic heterocycles. The molecule has 1 aliphatic rings. The summed E-state index contributed by atoms with van der Waals surface area (Å²) in [6.45, 7) is 6.49. The van der Waals surface area contributed by atoms with Gasteiger partial charge in [0.2, 0.25) is 0 Å². The Morgan fingerprint density at radius 2 is 2.36 bits per heavy atom. The van der Waals surface area contributed by atoms with E-state index < -0.39 is 0 Å². The lowest BCUT2D eigenvalue weighted by molar-refractivity contribution is -0.410. The van der Waals surface area contributed by atoms with Gasteiger partial charge in [-0.1, -0.05) is 6.92 Å². The Morgan fingerprint density at radius 3 is 2.79 bits per heavy atom. The highest BCUT2D eigenvalue weighted by atomic mass is 32.2. The maximum Gasteiger partial charge on any atom is 0.299 e. The van der Waals surface area contributed by atoms with Gasteiger partial charge in [0.1, 0.15) is 0 Å². The van der Waals surface area contributed by atoms with Crippen LogP contribution in [0.3, 0.4) is 0 Å². The summed E-state index contributed by atoms with van der Waals surface area (Å²) in [6.07, 6.45) is 1.89. The molecular formula is C9H15NO3S. The maximum absolute atomic E-state index is 10.5. The van der Waals surface area contributed by atoms with Gasteiger partial charge < -0.3 is 4.74 Å². The first-order chi connectivity index (χ1) is 6.50. The number of hydrogen-bond acceptors (Lipinski definition) is 4. The number of nitrogens with zero attached hydrogens (tertiary/aromatic N) is 1. The van der Waals surface area contributed by atoms with E-state index in [1.165, 1.54) is 11.8 Å². The van der Waals surface area contributed by atoms with Crippen molar-refractivity contribution in [2.45, 2.75) is 32.1 Å². The van der Waals surface area contributed by atoms with E-state index in [2.05, 4.69) is 0 Å². The topological polar surface area (TPSA) is 52.4 Å². The Labute approximate surface area is 87.9 Å². The molecule has 1 rings (SSSR count). The fourth-order valence-electron chi connectivity index (χ4n) is 1.21. The molecule has 2 atom stereocenters. The Bertz CT molecular complexity index is 252. The fourth-order valence-corrected chi connectivity index (χ4v) is 2.34. The van der Waals surface area contributed by atoms with Gasteiger partial charge in [0.25, 0.3) is 5.03 Å². The minimum atomic E-state index is -0.323. The van der Waals surface area contributed by atoms with Gasteiger partial charge in [-0.15, -0.1) is 0 Å². The Morgan fingerprint density at radius 1 is 1.71 bits per heavy atom. The van der Waals surface area contributed by atoms with Crippen LogP contribution >= 0.6 is 11.8 Å². The van der Waals surface area contributed by atoms with Crippen molar-refractivity contribution in [2.75, 3.05) is 6.61 Å². The zero-order valence-electron chi connectivity index (χ0n) is 8.60. The van der Waals surface area contributed by atoms with Gasteiger partial charge in [0, 0.05) is 11.3 Å². The van der Waals surface area contributed by atoms with E-state index in [4.69, 9.17) is 4.74 Å². The van der Waals surface area contributed by atoms with E-state index in [1.54, 1.807) is 6.08 Å². The van der Waals surface area contributed by atoms with Crippen molar-refractivity contribution < 1.29 is 9.66 Å². The second kappa shape index (κ2) is 4.79. The molecule has 0 radical (unpaired) electrons. The molecule has 14 heavy (non-hydrogen) atoms. The Hall–Kier alpha value is -0.550. The molecule has 0 fully saturated rings. The molecule has 0 N–H and O–H groups in total. The van der Waals surface area contributed by atoms with E-state index >= 15 is 0 Å². The van der Waals surface area contributed by atoms with Crippen molar-refractivity contribution in [3.63, 3.8) is 0 Å². The van der Waals surface area contributed by atoms with Crippen LogP contribution in [0.2, 0.25) is 0 Å². The third kappa shape index (κ3) is 2.99. The molecule has 0 aromatic carbocycles. The highest BCUT2D eigenvalue weighted by molar-refractivity contribution is 8.03. The standard InChI is InChI=1S/C9H15NO3S/c1-6(2)13-5-8-7(3)4-9(14-8)10(11)12/h4,6-8H,5H2,1-3H3. The predicted molar refractivity (Wildman–Crippen MR) is 56.7 cm³/mol. The van der Waals surface area contributed by atoms with Gasteiger partial charge in [-0.2, -0.15) is 0 Å². The number of thioether (sulfide) groups is 1. The molecule has 5 heteroatoms. The Balaban J connectivity index is 2.42. The summed E-state index contributed by atoms with van der Waals surface area (Å²) >= 11 is 1.31. The summed E-state index contributed by atoms with van der Waals surface area (Å²) in [4.78, 5) is 10.2. The molecule has 0 saturated carbocycles. The van der Waals surface area contributed by atoms with E-state index in [0.29, 0.717) is 6.61 Å². The van der Waals surface area contributed by atoms with Crippen LogP contribution in [0, 0.1) is 16.0 Å². The van der Waals surface area contributed by atoms with E-state index in [1.807, 2.05) is 20.8 Å². The van der Waals surface area contributed by atoms with Crippen LogP contribution < -0.4 is 0 Å². The summed E-state index contributed by atoms with van der Waals surface area (Å²) in [7, 11) is 0. The van der Waals surface area contributed by atoms with Crippen molar-refractivity contribution in [2.24, 2.45) is 5.92 Å². The SMILES string of the molecule is CC(C)OCC1SC([N+](=O)[O-])=CC1C. The lowest BCUT2D eigenvalue weighted by atomic mass is 10.1. The smallest absolute Gasteiger partial charge is 0.299 e. The molecule has 0 spiro atoms. The lowest BCUT2D eigenvalue weighted by Gasteiger charge is -2.15. The van der Waals surface area contributed by atoms with Gasteiger partial charge >= 0.3 is 0 Å². The third-order valence-electron chi connectivity index (χ3n) is 2.04. The number of rotatable bonds is 4. The monoisotopic (exact) mass is 217 g/mol. The predicted octanol–water partition coefficient (Wildman–Crippen LogP) is 2.28. The van der Waals surface area contributed by atoms with Crippen LogP contribution in [-0.2, 0) is 4.74 Å². The number of hydrogen-bond donors (Lipinski definition) is 0. The van der Waals surface area contributed by atoms with Gasteiger partial charge in [-0.25, -0.2) is 0 Å². The van der Waals surface area contributed by atoms with Crippen LogP contribution in [0.25, 0.3) is 0 Å². The van der Waals surface area contributed by atoms with E-state index in [0.717, 1.165) is 0 Å². The molecule has 1 heterocycles. The first-order valence-electron chi connectivity index (χ1n) is 4.65. The first-order valence-corrected chi connectivity index (χ1v) is 5.53. The number of ether oxygens (including phenoxy) is 1. The summed E-state index contributed by atoms with van der Waals surface area (Å²) in [5.41, 5.74) is 0. The molecule has 80 valence electrons. The zero-order chi connectivity index (χ0) is 10.7. The lowest BCUT2D eigenvalue weighted by Crippen LogP contribution is -2.18. The molecule has 0 bridgehead atoms. The molecule has 4 nitrogen and oxygen atoms in total. The zero-order valence-corrected chi connectivity index (χ0v) is 9.41. The molecule has 0 saturated heterocycles. The van der Waals surface area contributed by atoms with Gasteiger partial charge in [0.15, 0.2) is 0 Å². The first kappa shape index (κ1) is 11.5. The molecule has 0 aromatic rings. The third-order valence-corrected chi connectivity index (χ3v) is 3.43. The minimum absolute atomic E-state index is 0.183. The Kier molecular flexibility index (Phi) is 3.95. The van der Waals surface area contributed by atoms with Gasteiger partial charge in [-0.05, 0) is 31.5 Å². The average molecular weight is 217 g/mol. The van der Waals surface area contributed by atoms with Crippen LogP contribution in [0.5, 0.6) is 0 Å². The van der Waals surface area contributed by atoms with Gasteiger partial charge in [0.05, 0.1) is 17.6 Å². The molecule has 2 unspecified atom stereocenters. The molecule has 1 aliphatic heterocycles. The quantitative estimate of drug-likeness (QED) is 0.535. The summed E-state index contributed by atoms with van der Waals surface area (Å²) in [5.74, 6) is 0.221. The number of allylic oxidation sites excluding steroid dienone is 1. The van der Waals surface area contributed by atoms with Crippen LogP contribution in [-0.4, -0.2) is 22.9 Å². The highest BCUT2D eigenvalue weighted by Gasteiger charge is 2.32. The van der Waals surface area contributed by atoms with E-state index in [9.17, 15) is 10.1 Å². The van der Waals surface area contributed by atoms with Crippen molar-refractivity contribution in [1.82, 2.24) is 0 Å². The van der Waals surface area contributed by atoms with Gasteiger partial charge in [-0.3, -0.25) is 10.1 Å². The van der Waals surface area contributed by atoms with Crippen molar-refractivity contribution in [1.29, 1.82) is 0 Å². The fraction of sp³-hybridized carbons (Fsp3) is 0.778. The second-order valence-corrected chi connectivity index (χ2v) is 4.92. The molecular weight excluding hydrogens is 202 g/mol. The summed E-state index contributed by atoms with van der Waals surface area (Å²) in [6, 6.07) is 0. The second-order valence-electron chi connectivity index (χ2n) is 3.66. The van der Waals surface area contributed by atoms with Crippen LogP contribution in [0.15, 0.2) is 11.1 Å². The highest BCUT2D eigenvalue weighted by Crippen LogP contribution is 2.36. The van der Waals surface area contributed by atoms with Crippen molar-refractivity contribution in [3.05, 3.63) is 21.2 Å². The van der Waals surface area contributed by atoms with E-state index in [-0.39, 0.29) is 27.2 Å². The molecule has 0 amide bonds. The number of nitro groups is 1. The largest absolute Gasteiger partial charge is 0.378 e. The summed E-state index contributed by atoms with van der Waals surface area (Å²) in [5, 5.41) is 11.0. The summed E-state index contributed by atoms with van der Waals surface area (Å²) < 4.78 is 5.45. The van der Waals surface area contributed by atoms with Crippen LogP contribution in [0.1, 0.15) is 20.8 Å². The van der Waals surface area contributed by atoms with Crippen LogP contribution in [0.4, 0.5) is 0 Å². The van der Waals surface area contributed by atoms with Crippen molar-refractivity contribution in [3.8, 4) is 0 Å².